The Morgan fingerprint density at radius 2 is 1.16 bits per heavy atom. The third-order valence-corrected chi connectivity index (χ3v) is 7.25. The van der Waals surface area contributed by atoms with E-state index >= 15 is 0 Å². The first-order valence-electron chi connectivity index (χ1n) is 15.0. The van der Waals surface area contributed by atoms with Crippen molar-refractivity contribution < 1.29 is 26.1 Å². The van der Waals surface area contributed by atoms with E-state index in [1.54, 1.807) is 0 Å². The van der Waals surface area contributed by atoms with E-state index in [9.17, 15) is 21.9 Å². The SMILES string of the molecule is CCN(CC)CC.CS(=O)(=O)Cl.CS(=O)(=O)O[C@H]1CCN(Cc2ccccc2)C1.ClCCl.O[C@H]1CCN(Cc2ccccc2)C1. The van der Waals surface area contributed by atoms with Gasteiger partial charge in [-0.05, 0) is 43.6 Å². The Morgan fingerprint density at radius 1 is 0.778 bits per heavy atom. The quantitative estimate of drug-likeness (QED) is 0.205. The molecule has 2 aromatic carbocycles. The van der Waals surface area contributed by atoms with Crippen LogP contribution in [0.15, 0.2) is 60.7 Å². The normalized spacial score (nSPS) is 18.4. The third-order valence-electron chi connectivity index (χ3n) is 6.63. The van der Waals surface area contributed by atoms with Gasteiger partial charge in [0, 0.05) is 50.0 Å². The van der Waals surface area contributed by atoms with E-state index in [1.165, 1.54) is 30.8 Å². The zero-order valence-corrected chi connectivity index (χ0v) is 31.1. The van der Waals surface area contributed by atoms with Crippen molar-refractivity contribution in [1.29, 1.82) is 0 Å². The number of hydrogen-bond acceptors (Lipinski definition) is 9. The lowest BCUT2D eigenvalue weighted by Crippen LogP contribution is -2.24. The van der Waals surface area contributed by atoms with Gasteiger partial charge in [-0.15, -0.1) is 23.2 Å². The minimum atomic E-state index is -3.33. The molecule has 2 saturated heterocycles. The van der Waals surface area contributed by atoms with Crippen LogP contribution in [0.5, 0.6) is 0 Å². The van der Waals surface area contributed by atoms with Crippen molar-refractivity contribution in [1.82, 2.24) is 14.7 Å². The van der Waals surface area contributed by atoms with Crippen LogP contribution in [-0.2, 0) is 36.4 Å². The van der Waals surface area contributed by atoms with Crippen LogP contribution in [0.4, 0.5) is 0 Å². The van der Waals surface area contributed by atoms with Gasteiger partial charge in [0.1, 0.15) is 0 Å². The average molecular weight is 733 g/mol. The molecule has 2 aromatic rings. The molecule has 0 aliphatic carbocycles. The molecule has 0 amide bonds. The number of benzene rings is 2. The largest absolute Gasteiger partial charge is 0.392 e. The molecule has 0 unspecified atom stereocenters. The van der Waals surface area contributed by atoms with E-state index in [0.29, 0.717) is 6.54 Å². The Bertz CT molecular complexity index is 1200. The Morgan fingerprint density at radius 3 is 1.47 bits per heavy atom. The highest BCUT2D eigenvalue weighted by Gasteiger charge is 2.26. The molecule has 4 rings (SSSR count). The predicted molar refractivity (Wildman–Crippen MR) is 189 cm³/mol. The Balaban J connectivity index is 0.000000610. The summed E-state index contributed by atoms with van der Waals surface area (Å²) >= 11 is 9.53. The van der Waals surface area contributed by atoms with Crippen molar-refractivity contribution >= 4 is 53.1 Å². The molecule has 2 aliphatic heterocycles. The van der Waals surface area contributed by atoms with Crippen molar-refractivity contribution in [3.05, 3.63) is 71.8 Å². The summed E-state index contributed by atoms with van der Waals surface area (Å²) in [7, 11) is -2.02. The van der Waals surface area contributed by atoms with Crippen LogP contribution in [0.25, 0.3) is 0 Å². The second-order valence-electron chi connectivity index (χ2n) is 10.5. The molecule has 2 atom stereocenters. The van der Waals surface area contributed by atoms with Crippen LogP contribution in [-0.4, -0.2) is 113 Å². The first-order valence-corrected chi connectivity index (χ1v) is 20.6. The summed E-state index contributed by atoms with van der Waals surface area (Å²) in [6.07, 6.45) is 3.44. The zero-order chi connectivity index (χ0) is 34.3. The molecule has 0 radical (unpaired) electrons. The van der Waals surface area contributed by atoms with Crippen molar-refractivity contribution in [2.45, 2.75) is 58.9 Å². The molecule has 9 nitrogen and oxygen atoms in total. The standard InChI is InChI=1S/C12H17NO3S.C11H15NO.C6H15N.CH2Cl2.CH3ClO2S/c1-17(14,15)16-12-7-8-13(10-12)9-11-5-3-2-4-6-11;13-11-6-7-12(9-11)8-10-4-2-1-3-5-10;1-4-7(5-2)6-3;2-1-3;1-5(2,3)4/h2-6,12H,7-10H2,1H3;1-5,11,13H,6-9H2;4-6H2,1-3H3;1H2;1H3/t12-;11-;;;/m00.../s1. The summed E-state index contributed by atoms with van der Waals surface area (Å²) in [4.78, 5) is 6.88. The maximum absolute atomic E-state index is 11.0. The Kier molecular flexibility index (Phi) is 24.5. The van der Waals surface area contributed by atoms with Crippen molar-refractivity contribution in [2.24, 2.45) is 0 Å². The highest BCUT2D eigenvalue weighted by molar-refractivity contribution is 8.13. The fourth-order valence-electron chi connectivity index (χ4n) is 4.58. The number of aliphatic hydroxyl groups is 1. The average Bonchev–Trinajstić information content (AvgIpc) is 3.58. The van der Waals surface area contributed by atoms with Crippen LogP contribution >= 0.6 is 33.9 Å². The molecule has 0 bridgehead atoms. The van der Waals surface area contributed by atoms with E-state index in [4.69, 9.17) is 27.4 Å². The topological polar surface area (TPSA) is 107 Å². The van der Waals surface area contributed by atoms with Gasteiger partial charge in [-0.3, -0.25) is 14.0 Å². The van der Waals surface area contributed by atoms with E-state index in [0.717, 1.165) is 58.1 Å². The maximum atomic E-state index is 11.0. The highest BCUT2D eigenvalue weighted by atomic mass is 35.7. The number of likely N-dealkylation sites (tertiary alicyclic amines) is 2. The van der Waals surface area contributed by atoms with Gasteiger partial charge in [0.15, 0.2) is 0 Å². The molecule has 0 aromatic heterocycles. The number of nitrogens with zero attached hydrogens (tertiary/aromatic N) is 3. The van der Waals surface area contributed by atoms with Gasteiger partial charge >= 0.3 is 0 Å². The monoisotopic (exact) mass is 731 g/mol. The van der Waals surface area contributed by atoms with Gasteiger partial charge in [-0.1, -0.05) is 81.4 Å². The molecule has 2 heterocycles. The first-order chi connectivity index (χ1) is 21.1. The van der Waals surface area contributed by atoms with Crippen LogP contribution < -0.4 is 0 Å². The smallest absolute Gasteiger partial charge is 0.264 e. The Hall–Kier alpha value is -0.990. The number of rotatable bonds is 9. The van der Waals surface area contributed by atoms with Crippen LogP contribution in [0.1, 0.15) is 44.7 Å². The summed E-state index contributed by atoms with van der Waals surface area (Å²) in [5, 5.41) is 9.53. The van der Waals surface area contributed by atoms with Gasteiger partial charge in [-0.25, -0.2) is 8.42 Å². The maximum Gasteiger partial charge on any atom is 0.264 e. The zero-order valence-electron chi connectivity index (χ0n) is 27.2. The number of β-amino-alcohol motifs (C(OH)–C–C–N with tert-alkyl or cyclic N) is 1. The summed E-state index contributed by atoms with van der Waals surface area (Å²) in [5.74, 6) is 0. The van der Waals surface area contributed by atoms with E-state index in [2.05, 4.69) is 82.6 Å². The molecule has 260 valence electrons. The van der Waals surface area contributed by atoms with E-state index in [-0.39, 0.29) is 17.5 Å². The van der Waals surface area contributed by atoms with Crippen LogP contribution in [0.3, 0.4) is 0 Å². The van der Waals surface area contributed by atoms with Crippen LogP contribution in [0.2, 0.25) is 0 Å². The summed E-state index contributed by atoms with van der Waals surface area (Å²) < 4.78 is 45.8. The molecule has 14 heteroatoms. The molecule has 0 spiro atoms. The number of hydrogen-bond donors (Lipinski definition) is 1. The summed E-state index contributed by atoms with van der Waals surface area (Å²) in [6.45, 7) is 15.4. The second kappa shape index (κ2) is 25.1. The van der Waals surface area contributed by atoms with E-state index in [1.807, 2.05) is 24.3 Å². The van der Waals surface area contributed by atoms with Crippen molar-refractivity contribution in [3.8, 4) is 0 Å². The lowest BCUT2D eigenvalue weighted by Gasteiger charge is -2.15. The molecular weight excluding hydrogens is 681 g/mol. The molecule has 2 fully saturated rings. The lowest BCUT2D eigenvalue weighted by molar-refractivity contribution is 0.175. The fraction of sp³-hybridized carbons (Fsp3) is 0.613. The van der Waals surface area contributed by atoms with Gasteiger partial charge < -0.3 is 10.0 Å². The molecular formula is C31H52Cl3N3O6S2. The minimum absolute atomic E-state index is 0.108. The lowest BCUT2D eigenvalue weighted by atomic mass is 10.2. The van der Waals surface area contributed by atoms with Crippen molar-refractivity contribution in [3.63, 3.8) is 0 Å². The number of halogens is 3. The van der Waals surface area contributed by atoms with Gasteiger partial charge in [0.2, 0.25) is 9.05 Å². The fourth-order valence-corrected chi connectivity index (χ4v) is 5.23. The third kappa shape index (κ3) is 26.7. The van der Waals surface area contributed by atoms with E-state index < -0.39 is 19.2 Å². The van der Waals surface area contributed by atoms with Crippen LogP contribution in [0, 0.1) is 0 Å². The van der Waals surface area contributed by atoms with Gasteiger partial charge in [0.25, 0.3) is 10.1 Å². The highest BCUT2D eigenvalue weighted by Crippen LogP contribution is 2.17. The molecule has 45 heavy (non-hydrogen) atoms. The molecule has 1 N–H and O–H groups in total. The predicted octanol–water partition coefficient (Wildman–Crippen LogP) is 5.44. The van der Waals surface area contributed by atoms with Crippen molar-refractivity contribution in [2.75, 3.05) is 63.7 Å². The number of aliphatic hydroxyl groups excluding tert-OH is 1. The number of alkyl halides is 2. The Labute approximate surface area is 286 Å². The minimum Gasteiger partial charge on any atom is -0.392 e. The summed E-state index contributed by atoms with van der Waals surface area (Å²) in [6, 6.07) is 20.6. The molecule has 2 aliphatic rings. The summed E-state index contributed by atoms with van der Waals surface area (Å²) in [5.41, 5.74) is 2.57. The molecule has 0 saturated carbocycles. The van der Waals surface area contributed by atoms with Gasteiger partial charge in [0.05, 0.1) is 30.1 Å². The van der Waals surface area contributed by atoms with Gasteiger partial charge in [-0.2, -0.15) is 8.42 Å². The first kappa shape index (κ1) is 44.0. The second-order valence-corrected chi connectivity index (χ2v) is 16.0.